The summed E-state index contributed by atoms with van der Waals surface area (Å²) in [5.74, 6) is -0.291. The average Bonchev–Trinajstić information content (AvgIpc) is 2.88. The topological polar surface area (TPSA) is 88.6 Å². The van der Waals surface area contributed by atoms with E-state index >= 15 is 0 Å². The highest BCUT2D eigenvalue weighted by Crippen LogP contribution is 2.22. The lowest BCUT2D eigenvalue weighted by atomic mass is 10.2. The molecule has 0 radical (unpaired) electrons. The maximum Gasteiger partial charge on any atom is 0.290 e. The molecule has 0 saturated heterocycles. The number of fused-ring (bicyclic) bond motifs is 1. The number of nitrogen functional groups attached to an aromatic ring is 1. The molecule has 6 nitrogen and oxygen atoms in total. The Kier molecular flexibility index (Phi) is 4.47. The minimum absolute atomic E-state index is 0.0162. The number of benzene rings is 1. The molecule has 1 aromatic heterocycles. The predicted octanol–water partition coefficient (Wildman–Crippen LogP) is 1.61. The van der Waals surface area contributed by atoms with E-state index in [2.05, 4.69) is 5.32 Å². The van der Waals surface area contributed by atoms with Gasteiger partial charge in [0, 0.05) is 24.7 Å². The second-order valence-corrected chi connectivity index (χ2v) is 4.81. The van der Waals surface area contributed by atoms with Crippen LogP contribution in [0.15, 0.2) is 28.7 Å². The van der Waals surface area contributed by atoms with Gasteiger partial charge in [0.25, 0.3) is 5.91 Å². The molecule has 0 aliphatic carbocycles. The van der Waals surface area contributed by atoms with Gasteiger partial charge in [0.15, 0.2) is 5.76 Å². The van der Waals surface area contributed by atoms with Gasteiger partial charge in [-0.3, -0.25) is 9.59 Å². The highest BCUT2D eigenvalue weighted by molar-refractivity contribution is 5.98. The molecule has 0 aliphatic rings. The zero-order chi connectivity index (χ0) is 15.4. The molecule has 1 aromatic carbocycles. The van der Waals surface area contributed by atoms with Crippen LogP contribution in [0.2, 0.25) is 0 Å². The van der Waals surface area contributed by atoms with Crippen LogP contribution in [-0.2, 0) is 4.79 Å². The molecule has 21 heavy (non-hydrogen) atoms. The maximum absolute atomic E-state index is 12.5. The molecule has 0 spiro atoms. The molecule has 0 saturated carbocycles. The van der Waals surface area contributed by atoms with E-state index in [4.69, 9.17) is 10.2 Å². The third-order valence-corrected chi connectivity index (χ3v) is 3.15. The number of carbonyl (C=O) groups excluding carboxylic acids is 2. The third-order valence-electron chi connectivity index (χ3n) is 3.15. The highest BCUT2D eigenvalue weighted by atomic mass is 16.3. The summed E-state index contributed by atoms with van der Waals surface area (Å²) in [6.07, 6.45) is 0.760. The Morgan fingerprint density at radius 2 is 2.10 bits per heavy atom. The third kappa shape index (κ3) is 3.34. The minimum Gasteiger partial charge on any atom is -0.451 e. The van der Waals surface area contributed by atoms with Crippen LogP contribution in [0, 0.1) is 0 Å². The number of carbonyl (C=O) groups is 2. The van der Waals surface area contributed by atoms with Gasteiger partial charge in [0.05, 0.1) is 6.54 Å². The molecule has 0 aliphatic heterocycles. The minimum atomic E-state index is -0.296. The Bertz CT molecular complexity index is 663. The number of likely N-dealkylation sites (N-methyl/N-ethyl adjacent to an activating group) is 1. The quantitative estimate of drug-likeness (QED) is 0.818. The van der Waals surface area contributed by atoms with E-state index in [1.54, 1.807) is 31.3 Å². The van der Waals surface area contributed by atoms with E-state index in [0.29, 0.717) is 17.8 Å². The summed E-state index contributed by atoms with van der Waals surface area (Å²) in [5, 5.41) is 3.29. The van der Waals surface area contributed by atoms with Gasteiger partial charge < -0.3 is 20.4 Å². The van der Waals surface area contributed by atoms with Crippen LogP contribution in [-0.4, -0.2) is 36.9 Å². The van der Waals surface area contributed by atoms with E-state index in [1.807, 2.05) is 6.92 Å². The van der Waals surface area contributed by atoms with Crippen LogP contribution < -0.4 is 11.1 Å². The Morgan fingerprint density at radius 1 is 1.33 bits per heavy atom. The molecule has 2 rings (SSSR count). The molecule has 0 atom stereocenters. The number of amides is 2. The summed E-state index contributed by atoms with van der Waals surface area (Å²) in [7, 11) is 1.54. The molecule has 0 bridgehead atoms. The molecule has 6 heteroatoms. The fourth-order valence-electron chi connectivity index (χ4n) is 2.10. The maximum atomic E-state index is 12.5. The zero-order valence-electron chi connectivity index (χ0n) is 12.2. The molecule has 0 fully saturated rings. The normalized spacial score (nSPS) is 10.6. The van der Waals surface area contributed by atoms with Gasteiger partial charge in [-0.05, 0) is 30.7 Å². The van der Waals surface area contributed by atoms with Crippen molar-refractivity contribution >= 4 is 28.5 Å². The summed E-state index contributed by atoms with van der Waals surface area (Å²) in [6.45, 7) is 2.46. The molecular weight excluding hydrogens is 270 g/mol. The molecule has 112 valence electrons. The molecule has 2 aromatic rings. The standard InChI is InChI=1S/C15H19N3O3/c1-3-6-18(9-14(19)17-2)15(20)13-8-10-7-11(16)4-5-12(10)21-13/h4-5,7-8H,3,6,9,16H2,1-2H3,(H,17,19). The molecule has 1 heterocycles. The number of hydrogen-bond acceptors (Lipinski definition) is 4. The molecular formula is C15H19N3O3. The first-order valence-electron chi connectivity index (χ1n) is 6.84. The second kappa shape index (κ2) is 6.30. The Hall–Kier alpha value is -2.50. The SMILES string of the molecule is CCCN(CC(=O)NC)C(=O)c1cc2cc(N)ccc2o1. The van der Waals surface area contributed by atoms with Crippen molar-refractivity contribution in [2.75, 3.05) is 25.9 Å². The van der Waals surface area contributed by atoms with Gasteiger partial charge >= 0.3 is 0 Å². The second-order valence-electron chi connectivity index (χ2n) is 4.81. The largest absolute Gasteiger partial charge is 0.451 e. The number of furan rings is 1. The van der Waals surface area contributed by atoms with Crippen molar-refractivity contribution in [1.29, 1.82) is 0 Å². The van der Waals surface area contributed by atoms with Crippen LogP contribution in [0.25, 0.3) is 11.0 Å². The van der Waals surface area contributed by atoms with Crippen molar-refractivity contribution in [1.82, 2.24) is 10.2 Å². The predicted molar refractivity (Wildman–Crippen MR) is 80.9 cm³/mol. The van der Waals surface area contributed by atoms with Gasteiger partial charge in [0.2, 0.25) is 5.91 Å². The summed E-state index contributed by atoms with van der Waals surface area (Å²) in [5.41, 5.74) is 6.92. The average molecular weight is 289 g/mol. The van der Waals surface area contributed by atoms with Crippen LogP contribution in [0.3, 0.4) is 0 Å². The number of nitrogens with zero attached hydrogens (tertiary/aromatic N) is 1. The van der Waals surface area contributed by atoms with Crippen molar-refractivity contribution in [2.24, 2.45) is 0 Å². The fraction of sp³-hybridized carbons (Fsp3) is 0.333. The van der Waals surface area contributed by atoms with Crippen molar-refractivity contribution in [3.05, 3.63) is 30.0 Å². The summed E-state index contributed by atoms with van der Waals surface area (Å²) >= 11 is 0. The van der Waals surface area contributed by atoms with Crippen LogP contribution in [0.1, 0.15) is 23.9 Å². The van der Waals surface area contributed by atoms with Gasteiger partial charge in [-0.15, -0.1) is 0 Å². The van der Waals surface area contributed by atoms with Crippen molar-refractivity contribution in [2.45, 2.75) is 13.3 Å². The first kappa shape index (κ1) is 14.9. The summed E-state index contributed by atoms with van der Waals surface area (Å²) < 4.78 is 5.55. The lowest BCUT2D eigenvalue weighted by Crippen LogP contribution is -2.39. The van der Waals surface area contributed by atoms with E-state index in [9.17, 15) is 9.59 Å². The monoisotopic (exact) mass is 289 g/mol. The van der Waals surface area contributed by atoms with Crippen molar-refractivity contribution in [3.63, 3.8) is 0 Å². The van der Waals surface area contributed by atoms with E-state index in [-0.39, 0.29) is 24.1 Å². The molecule has 3 N–H and O–H groups in total. The van der Waals surface area contributed by atoms with Gasteiger partial charge in [-0.25, -0.2) is 0 Å². The smallest absolute Gasteiger partial charge is 0.290 e. The van der Waals surface area contributed by atoms with E-state index < -0.39 is 0 Å². The number of nitrogens with two attached hydrogens (primary N) is 1. The number of hydrogen-bond donors (Lipinski definition) is 2. The lowest BCUT2D eigenvalue weighted by molar-refractivity contribution is -0.121. The summed E-state index contributed by atoms with van der Waals surface area (Å²) in [6, 6.07) is 6.85. The van der Waals surface area contributed by atoms with Crippen LogP contribution in [0.4, 0.5) is 5.69 Å². The van der Waals surface area contributed by atoms with E-state index in [0.717, 1.165) is 11.8 Å². The fourth-order valence-corrected chi connectivity index (χ4v) is 2.10. The lowest BCUT2D eigenvalue weighted by Gasteiger charge is -2.19. The first-order chi connectivity index (χ1) is 10.0. The van der Waals surface area contributed by atoms with Crippen LogP contribution in [0.5, 0.6) is 0 Å². The van der Waals surface area contributed by atoms with Crippen molar-refractivity contribution in [3.8, 4) is 0 Å². The Morgan fingerprint density at radius 3 is 2.76 bits per heavy atom. The summed E-state index contributed by atoms with van der Waals surface area (Å²) in [4.78, 5) is 25.4. The highest BCUT2D eigenvalue weighted by Gasteiger charge is 2.21. The Balaban J connectivity index is 2.27. The van der Waals surface area contributed by atoms with E-state index in [1.165, 1.54) is 4.90 Å². The number of rotatable bonds is 5. The van der Waals surface area contributed by atoms with Gasteiger partial charge in [-0.2, -0.15) is 0 Å². The van der Waals surface area contributed by atoms with Crippen LogP contribution >= 0.6 is 0 Å². The van der Waals surface area contributed by atoms with Crippen molar-refractivity contribution < 1.29 is 14.0 Å². The zero-order valence-corrected chi connectivity index (χ0v) is 12.2. The Labute approximate surface area is 122 Å². The first-order valence-corrected chi connectivity index (χ1v) is 6.84. The van der Waals surface area contributed by atoms with Gasteiger partial charge in [0.1, 0.15) is 5.58 Å². The molecule has 0 unspecified atom stereocenters. The number of nitrogens with one attached hydrogen (secondary N) is 1. The van der Waals surface area contributed by atoms with Gasteiger partial charge in [-0.1, -0.05) is 6.92 Å². The number of anilines is 1. The molecule has 2 amide bonds.